The second-order valence-corrected chi connectivity index (χ2v) is 9.08. The Morgan fingerprint density at radius 2 is 1.57 bits per heavy atom. The summed E-state index contributed by atoms with van der Waals surface area (Å²) in [4.78, 5) is 39.5. The first kappa shape index (κ1) is 28.1. The fourth-order valence-corrected chi connectivity index (χ4v) is 3.98. The van der Waals surface area contributed by atoms with Crippen LogP contribution < -0.4 is 21.4 Å². The third kappa shape index (κ3) is 7.33. The molecule has 0 aliphatic rings. The number of rotatable bonds is 9. The molecule has 0 saturated heterocycles. The van der Waals surface area contributed by atoms with Crippen LogP contribution in [0.25, 0.3) is 10.9 Å². The predicted octanol–water partition coefficient (Wildman–Crippen LogP) is 2.28. The number of carbonyl (C=O) groups is 3. The number of para-hydroxylation sites is 1. The van der Waals surface area contributed by atoms with Crippen molar-refractivity contribution in [3.05, 3.63) is 101 Å². The van der Waals surface area contributed by atoms with Crippen LogP contribution in [-0.2, 0) is 16.1 Å². The standard InChI is InChI=1S/C30H29N5O5/c1-19(36)28(30(39)35-40)34-29(38)22-12-8-20(9-13-22)6-7-21-10-14-24(15-11-21)33-27(37)18-31-16-23-17-32-26-5-3-2-4-25(23)26/h2-5,8-15,17,19,28,31-32,36,40H,16,18H2,1H3,(H,33,37)(H,34,38)(H,35,39)/t19-,28+/m1/s1. The fraction of sp³-hybridized carbons (Fsp3) is 0.167. The molecule has 0 unspecified atom stereocenters. The third-order valence-corrected chi connectivity index (χ3v) is 6.10. The Morgan fingerprint density at radius 1 is 0.925 bits per heavy atom. The van der Waals surface area contributed by atoms with Gasteiger partial charge in [0, 0.05) is 46.0 Å². The number of H-pyrrole nitrogens is 1. The molecule has 0 radical (unpaired) electrons. The van der Waals surface area contributed by atoms with Crippen molar-refractivity contribution in [3.63, 3.8) is 0 Å². The van der Waals surface area contributed by atoms with Crippen LogP contribution in [0.15, 0.2) is 79.0 Å². The molecular weight excluding hydrogens is 510 g/mol. The van der Waals surface area contributed by atoms with Crippen molar-refractivity contribution in [2.24, 2.45) is 0 Å². The molecule has 10 nitrogen and oxygen atoms in total. The lowest BCUT2D eigenvalue weighted by atomic mass is 10.1. The molecule has 4 aromatic rings. The van der Waals surface area contributed by atoms with Gasteiger partial charge in [0.05, 0.1) is 12.6 Å². The number of benzene rings is 3. The zero-order valence-corrected chi connectivity index (χ0v) is 21.7. The molecule has 0 spiro atoms. The number of anilines is 1. The summed E-state index contributed by atoms with van der Waals surface area (Å²) in [6.45, 7) is 2.06. The Balaban J connectivity index is 1.26. The molecule has 0 aliphatic carbocycles. The van der Waals surface area contributed by atoms with E-state index in [2.05, 4.69) is 32.8 Å². The maximum atomic E-state index is 12.4. The summed E-state index contributed by atoms with van der Waals surface area (Å²) in [7, 11) is 0. The minimum absolute atomic E-state index is 0.153. The van der Waals surface area contributed by atoms with Crippen LogP contribution >= 0.6 is 0 Å². The van der Waals surface area contributed by atoms with Crippen LogP contribution in [-0.4, -0.2) is 51.7 Å². The van der Waals surface area contributed by atoms with E-state index in [1.807, 2.05) is 30.5 Å². The lowest BCUT2D eigenvalue weighted by molar-refractivity contribution is -0.133. The Hall–Kier alpha value is -4.95. The average Bonchev–Trinajstić information content (AvgIpc) is 3.38. The molecule has 1 aromatic heterocycles. The van der Waals surface area contributed by atoms with Gasteiger partial charge in [-0.2, -0.15) is 0 Å². The highest BCUT2D eigenvalue weighted by atomic mass is 16.5. The second-order valence-electron chi connectivity index (χ2n) is 9.08. The minimum atomic E-state index is -1.30. The number of aliphatic hydroxyl groups excluding tert-OH is 1. The number of fused-ring (bicyclic) bond motifs is 1. The summed E-state index contributed by atoms with van der Waals surface area (Å²) >= 11 is 0. The maximum absolute atomic E-state index is 12.4. The summed E-state index contributed by atoms with van der Waals surface area (Å²) < 4.78 is 0. The molecular formula is C30H29N5O5. The van der Waals surface area contributed by atoms with Crippen molar-refractivity contribution in [1.29, 1.82) is 0 Å². The number of amides is 3. The van der Waals surface area contributed by atoms with Crippen LogP contribution in [0.5, 0.6) is 0 Å². The molecule has 0 saturated carbocycles. The third-order valence-electron chi connectivity index (χ3n) is 6.10. The fourth-order valence-electron chi connectivity index (χ4n) is 3.98. The molecule has 4 rings (SSSR count). The van der Waals surface area contributed by atoms with Gasteiger partial charge in [0.25, 0.3) is 11.8 Å². The lowest BCUT2D eigenvalue weighted by Crippen LogP contribution is -2.51. The number of carbonyl (C=O) groups excluding carboxylic acids is 3. The van der Waals surface area contributed by atoms with Gasteiger partial charge in [0.1, 0.15) is 6.04 Å². The zero-order chi connectivity index (χ0) is 28.5. The van der Waals surface area contributed by atoms with E-state index in [1.54, 1.807) is 48.5 Å². The number of nitrogens with one attached hydrogen (secondary N) is 5. The predicted molar refractivity (Wildman–Crippen MR) is 150 cm³/mol. The lowest BCUT2D eigenvalue weighted by Gasteiger charge is -2.19. The van der Waals surface area contributed by atoms with Gasteiger partial charge in [-0.1, -0.05) is 30.0 Å². The Labute approximate surface area is 230 Å². The summed E-state index contributed by atoms with van der Waals surface area (Å²) in [5.41, 5.74) is 5.90. The summed E-state index contributed by atoms with van der Waals surface area (Å²) in [6, 6.07) is 20.3. The minimum Gasteiger partial charge on any atom is -0.391 e. The van der Waals surface area contributed by atoms with E-state index in [1.165, 1.54) is 12.4 Å². The van der Waals surface area contributed by atoms with Crippen molar-refractivity contribution < 1.29 is 24.7 Å². The van der Waals surface area contributed by atoms with Gasteiger partial charge in [-0.3, -0.25) is 19.6 Å². The monoisotopic (exact) mass is 539 g/mol. The molecule has 0 bridgehead atoms. The van der Waals surface area contributed by atoms with Gasteiger partial charge in [-0.15, -0.1) is 0 Å². The van der Waals surface area contributed by atoms with Gasteiger partial charge < -0.3 is 26.0 Å². The Bertz CT molecular complexity index is 1550. The smallest absolute Gasteiger partial charge is 0.268 e. The number of hydroxylamine groups is 1. The SMILES string of the molecule is C[C@@H](O)[C@H](NC(=O)c1ccc(C#Cc2ccc(NC(=O)CNCc3c[nH]c4ccccc34)cc2)cc1)C(=O)NO. The first-order valence-electron chi connectivity index (χ1n) is 12.5. The van der Waals surface area contributed by atoms with E-state index in [0.717, 1.165) is 22.0 Å². The van der Waals surface area contributed by atoms with E-state index in [-0.39, 0.29) is 18.0 Å². The number of aliphatic hydroxyl groups is 1. The largest absolute Gasteiger partial charge is 0.391 e. The van der Waals surface area contributed by atoms with Crippen LogP contribution in [0, 0.1) is 11.8 Å². The molecule has 3 aromatic carbocycles. The summed E-state index contributed by atoms with van der Waals surface area (Å²) in [6.07, 6.45) is 0.740. The first-order valence-corrected chi connectivity index (χ1v) is 12.5. The average molecular weight is 540 g/mol. The Morgan fingerprint density at radius 3 is 2.23 bits per heavy atom. The van der Waals surface area contributed by atoms with Gasteiger partial charge >= 0.3 is 0 Å². The molecule has 40 heavy (non-hydrogen) atoms. The molecule has 2 atom stereocenters. The van der Waals surface area contributed by atoms with Crippen LogP contribution in [0.3, 0.4) is 0 Å². The second kappa shape index (κ2) is 13.2. The summed E-state index contributed by atoms with van der Waals surface area (Å²) in [5, 5.41) is 27.9. The van der Waals surface area contributed by atoms with Crippen LogP contribution in [0.2, 0.25) is 0 Å². The summed E-state index contributed by atoms with van der Waals surface area (Å²) in [5.74, 6) is 4.38. The van der Waals surface area contributed by atoms with E-state index >= 15 is 0 Å². The van der Waals surface area contributed by atoms with E-state index < -0.39 is 24.0 Å². The van der Waals surface area contributed by atoms with E-state index in [0.29, 0.717) is 17.8 Å². The Kier molecular flexibility index (Phi) is 9.27. The van der Waals surface area contributed by atoms with Gasteiger partial charge in [-0.05, 0) is 67.1 Å². The number of aromatic amines is 1. The molecule has 0 aliphatic heterocycles. The molecule has 1 heterocycles. The number of hydrogen-bond acceptors (Lipinski definition) is 6. The van der Waals surface area contributed by atoms with Gasteiger partial charge in [-0.25, -0.2) is 5.48 Å². The van der Waals surface area contributed by atoms with Crippen molar-refractivity contribution >= 4 is 34.3 Å². The molecule has 3 amide bonds. The van der Waals surface area contributed by atoms with Gasteiger partial charge in [0.2, 0.25) is 5.91 Å². The number of aromatic nitrogens is 1. The van der Waals surface area contributed by atoms with Crippen molar-refractivity contribution in [3.8, 4) is 11.8 Å². The van der Waals surface area contributed by atoms with E-state index in [9.17, 15) is 19.5 Å². The maximum Gasteiger partial charge on any atom is 0.268 e. The highest BCUT2D eigenvalue weighted by Crippen LogP contribution is 2.17. The van der Waals surface area contributed by atoms with Crippen LogP contribution in [0.4, 0.5) is 5.69 Å². The topological polar surface area (TPSA) is 156 Å². The molecule has 7 N–H and O–H groups in total. The highest BCUT2D eigenvalue weighted by molar-refractivity contribution is 5.97. The van der Waals surface area contributed by atoms with Crippen molar-refractivity contribution in [2.45, 2.75) is 25.6 Å². The normalized spacial score (nSPS) is 12.1. The quantitative estimate of drug-likeness (QED) is 0.0983. The van der Waals surface area contributed by atoms with Gasteiger partial charge in [0.15, 0.2) is 0 Å². The molecule has 10 heteroatoms. The van der Waals surface area contributed by atoms with Crippen molar-refractivity contribution in [1.82, 2.24) is 21.1 Å². The van der Waals surface area contributed by atoms with Crippen LogP contribution in [0.1, 0.15) is 34.0 Å². The first-order chi connectivity index (χ1) is 19.3. The molecule has 204 valence electrons. The number of hydrogen-bond donors (Lipinski definition) is 7. The van der Waals surface area contributed by atoms with E-state index in [4.69, 9.17) is 5.21 Å². The van der Waals surface area contributed by atoms with Crippen molar-refractivity contribution in [2.75, 3.05) is 11.9 Å². The molecule has 0 fully saturated rings. The zero-order valence-electron chi connectivity index (χ0n) is 21.7. The highest BCUT2D eigenvalue weighted by Gasteiger charge is 2.25.